The third kappa shape index (κ3) is 2.92. The number of hydrogen-bond donors (Lipinski definition) is 1. The normalized spacial score (nSPS) is 29.3. The molecule has 0 aromatic heterocycles. The van der Waals surface area contributed by atoms with Crippen molar-refractivity contribution in [2.24, 2.45) is 10.8 Å². The summed E-state index contributed by atoms with van der Waals surface area (Å²) in [5.41, 5.74) is 1.41. The minimum Gasteiger partial charge on any atom is -0.497 e. The van der Waals surface area contributed by atoms with Gasteiger partial charge in [0.05, 0.1) is 7.11 Å². The zero-order valence-corrected chi connectivity index (χ0v) is 14.0. The first-order valence-corrected chi connectivity index (χ1v) is 8.02. The Morgan fingerprint density at radius 2 is 1.91 bits per heavy atom. The van der Waals surface area contributed by atoms with E-state index in [2.05, 4.69) is 26.1 Å². The number of fused-ring (bicyclic) bond motifs is 2. The largest absolute Gasteiger partial charge is 0.497 e. The predicted molar refractivity (Wildman–Crippen MR) is 88.2 cm³/mol. The minimum atomic E-state index is 0.0246. The lowest BCUT2D eigenvalue weighted by atomic mass is 9.65. The van der Waals surface area contributed by atoms with E-state index in [-0.39, 0.29) is 11.4 Å². The number of methoxy groups -OCH3 is 1. The maximum absolute atomic E-state index is 12.6. The molecule has 4 heteroatoms. The topological polar surface area (TPSA) is 41.6 Å². The lowest BCUT2D eigenvalue weighted by Crippen LogP contribution is -2.40. The lowest BCUT2D eigenvalue weighted by Gasteiger charge is -2.39. The molecule has 2 fully saturated rings. The number of amides is 2. The molecule has 1 heterocycles. The van der Waals surface area contributed by atoms with Crippen LogP contribution in [0, 0.1) is 10.8 Å². The summed E-state index contributed by atoms with van der Waals surface area (Å²) in [6.45, 7) is 7.83. The molecule has 4 nitrogen and oxygen atoms in total. The van der Waals surface area contributed by atoms with Crippen LogP contribution in [0.25, 0.3) is 0 Å². The van der Waals surface area contributed by atoms with Gasteiger partial charge in [0, 0.05) is 18.3 Å². The van der Waals surface area contributed by atoms with Gasteiger partial charge in [0.2, 0.25) is 0 Å². The Kier molecular flexibility index (Phi) is 3.58. The summed E-state index contributed by atoms with van der Waals surface area (Å²) in [7, 11) is 1.64. The van der Waals surface area contributed by atoms with Gasteiger partial charge in [-0.15, -0.1) is 0 Å². The van der Waals surface area contributed by atoms with Crippen molar-refractivity contribution in [3.63, 3.8) is 0 Å². The maximum Gasteiger partial charge on any atom is 0.322 e. The van der Waals surface area contributed by atoms with Crippen LogP contribution < -0.4 is 10.1 Å². The molecule has 1 aromatic rings. The van der Waals surface area contributed by atoms with E-state index in [4.69, 9.17) is 4.74 Å². The quantitative estimate of drug-likeness (QED) is 0.892. The fraction of sp³-hybridized carbons (Fsp3) is 0.611. The average Bonchev–Trinajstić information content (AvgIpc) is 2.69. The van der Waals surface area contributed by atoms with Crippen molar-refractivity contribution in [3.8, 4) is 5.75 Å². The molecule has 1 N–H and O–H groups in total. The second-order valence-electron chi connectivity index (χ2n) is 8.00. The number of anilines is 1. The highest BCUT2D eigenvalue weighted by Crippen LogP contribution is 2.52. The van der Waals surface area contributed by atoms with Crippen molar-refractivity contribution in [1.82, 2.24) is 4.90 Å². The highest BCUT2D eigenvalue weighted by atomic mass is 16.5. The number of benzene rings is 1. The van der Waals surface area contributed by atoms with E-state index in [1.54, 1.807) is 7.11 Å². The molecule has 1 aliphatic heterocycles. The molecule has 2 unspecified atom stereocenters. The van der Waals surface area contributed by atoms with Crippen LogP contribution in [0.5, 0.6) is 5.75 Å². The number of urea groups is 1. The second kappa shape index (κ2) is 5.18. The molecule has 1 aliphatic carbocycles. The number of rotatable bonds is 2. The van der Waals surface area contributed by atoms with E-state index < -0.39 is 0 Å². The summed E-state index contributed by atoms with van der Waals surface area (Å²) in [5.74, 6) is 0.796. The van der Waals surface area contributed by atoms with Gasteiger partial charge in [-0.25, -0.2) is 4.79 Å². The number of nitrogens with one attached hydrogen (secondary N) is 1. The SMILES string of the molecule is COc1ccc(NC(=O)N2CC3(C)CC2CC(C)(C)C3)cc1. The summed E-state index contributed by atoms with van der Waals surface area (Å²) in [4.78, 5) is 14.7. The third-order valence-electron chi connectivity index (χ3n) is 5.02. The number of hydrogen-bond acceptors (Lipinski definition) is 2. The Bertz CT molecular complexity index is 567. The van der Waals surface area contributed by atoms with Crippen LogP contribution in [-0.2, 0) is 0 Å². The molecule has 1 saturated heterocycles. The van der Waals surface area contributed by atoms with E-state index in [1.165, 1.54) is 6.42 Å². The molecule has 120 valence electrons. The van der Waals surface area contributed by atoms with Crippen LogP contribution in [-0.4, -0.2) is 30.6 Å². The number of carbonyl (C=O) groups is 1. The fourth-order valence-corrected chi connectivity index (χ4v) is 4.57. The summed E-state index contributed by atoms with van der Waals surface area (Å²) in [5, 5.41) is 3.02. The number of ether oxygens (including phenoxy) is 1. The Labute approximate surface area is 132 Å². The van der Waals surface area contributed by atoms with Crippen molar-refractivity contribution >= 4 is 11.7 Å². The molecule has 0 spiro atoms. The van der Waals surface area contributed by atoms with Gasteiger partial charge in [-0.3, -0.25) is 0 Å². The molecule has 2 bridgehead atoms. The van der Waals surface area contributed by atoms with Crippen LogP contribution in [0.1, 0.15) is 40.0 Å². The number of likely N-dealkylation sites (tertiary alicyclic amines) is 1. The Morgan fingerprint density at radius 1 is 1.23 bits per heavy atom. The van der Waals surface area contributed by atoms with Crippen molar-refractivity contribution in [2.45, 2.75) is 46.1 Å². The van der Waals surface area contributed by atoms with Gasteiger partial charge in [0.1, 0.15) is 5.75 Å². The highest BCUT2D eigenvalue weighted by molar-refractivity contribution is 5.89. The van der Waals surface area contributed by atoms with Crippen molar-refractivity contribution in [3.05, 3.63) is 24.3 Å². The number of nitrogens with zero attached hydrogens (tertiary/aromatic N) is 1. The zero-order chi connectivity index (χ0) is 16.0. The molecule has 2 amide bonds. The first-order chi connectivity index (χ1) is 10.3. The fourth-order valence-electron chi connectivity index (χ4n) is 4.57. The molecular formula is C18H26N2O2. The number of carbonyl (C=O) groups excluding carboxylic acids is 1. The molecule has 3 rings (SSSR count). The van der Waals surface area contributed by atoms with Gasteiger partial charge in [0.25, 0.3) is 0 Å². The monoisotopic (exact) mass is 302 g/mol. The van der Waals surface area contributed by atoms with Crippen molar-refractivity contribution in [2.75, 3.05) is 19.0 Å². The Hall–Kier alpha value is -1.71. The van der Waals surface area contributed by atoms with Crippen LogP contribution in [0.3, 0.4) is 0 Å². The first kappa shape index (κ1) is 15.2. The van der Waals surface area contributed by atoms with Gasteiger partial charge in [-0.1, -0.05) is 20.8 Å². The summed E-state index contributed by atoms with van der Waals surface area (Å²) in [6, 6.07) is 7.88. The van der Waals surface area contributed by atoms with Crippen molar-refractivity contribution in [1.29, 1.82) is 0 Å². The van der Waals surface area contributed by atoms with E-state index >= 15 is 0 Å². The summed E-state index contributed by atoms with van der Waals surface area (Å²) < 4.78 is 5.14. The van der Waals surface area contributed by atoms with Crippen LogP contribution in [0.15, 0.2) is 24.3 Å². The average molecular weight is 302 g/mol. The van der Waals surface area contributed by atoms with Gasteiger partial charge in [-0.2, -0.15) is 0 Å². The molecule has 1 aromatic carbocycles. The van der Waals surface area contributed by atoms with Gasteiger partial charge in [0.15, 0.2) is 0 Å². The predicted octanol–water partition coefficient (Wildman–Crippen LogP) is 4.13. The highest BCUT2D eigenvalue weighted by Gasteiger charge is 2.50. The third-order valence-corrected chi connectivity index (χ3v) is 5.02. The maximum atomic E-state index is 12.6. The van der Waals surface area contributed by atoms with Crippen LogP contribution in [0.4, 0.5) is 10.5 Å². The zero-order valence-electron chi connectivity index (χ0n) is 14.0. The molecule has 1 saturated carbocycles. The molecule has 2 aliphatic rings. The molecular weight excluding hydrogens is 276 g/mol. The first-order valence-electron chi connectivity index (χ1n) is 8.02. The van der Waals surface area contributed by atoms with E-state index in [0.29, 0.717) is 11.5 Å². The molecule has 0 radical (unpaired) electrons. The van der Waals surface area contributed by atoms with Crippen LogP contribution >= 0.6 is 0 Å². The smallest absolute Gasteiger partial charge is 0.322 e. The van der Waals surface area contributed by atoms with E-state index in [0.717, 1.165) is 30.8 Å². The molecule has 22 heavy (non-hydrogen) atoms. The Morgan fingerprint density at radius 3 is 2.55 bits per heavy atom. The van der Waals surface area contributed by atoms with E-state index in [1.807, 2.05) is 29.2 Å². The van der Waals surface area contributed by atoms with Crippen molar-refractivity contribution < 1.29 is 9.53 Å². The van der Waals surface area contributed by atoms with Crippen LogP contribution in [0.2, 0.25) is 0 Å². The lowest BCUT2D eigenvalue weighted by molar-refractivity contribution is 0.130. The van der Waals surface area contributed by atoms with E-state index in [9.17, 15) is 4.79 Å². The van der Waals surface area contributed by atoms with Gasteiger partial charge in [-0.05, 0) is 54.4 Å². The minimum absolute atomic E-state index is 0.0246. The second-order valence-corrected chi connectivity index (χ2v) is 8.00. The van der Waals surface area contributed by atoms with Gasteiger partial charge < -0.3 is 15.0 Å². The Balaban J connectivity index is 1.70. The molecule has 2 atom stereocenters. The summed E-state index contributed by atoms with van der Waals surface area (Å²) in [6.07, 6.45) is 3.42. The standard InChI is InChI=1S/C18H26N2O2/c1-17(2)9-14-10-18(3,11-17)12-20(14)16(21)19-13-5-7-15(22-4)8-6-13/h5-8,14H,9-12H2,1-4H3,(H,19,21). The van der Waals surface area contributed by atoms with Gasteiger partial charge >= 0.3 is 6.03 Å². The summed E-state index contributed by atoms with van der Waals surface area (Å²) >= 11 is 0.